The van der Waals surface area contributed by atoms with Gasteiger partial charge in [0.25, 0.3) is 5.91 Å². The molecule has 1 aromatic rings. The Morgan fingerprint density at radius 3 is 2.40 bits per heavy atom. The maximum atomic E-state index is 16.0. The Balaban J connectivity index is 1.61. The molecule has 216 valence electrons. The zero-order valence-electron chi connectivity index (χ0n) is 23.1. The molecule has 0 aromatic heterocycles. The number of rotatable bonds is 7. The summed E-state index contributed by atoms with van der Waals surface area (Å²) in [5, 5.41) is 44.7. The monoisotopic (exact) mass is 557 g/mol. The molecule has 1 aromatic carbocycles. The minimum absolute atomic E-state index is 0.0217. The molecule has 0 aliphatic heterocycles. The lowest BCUT2D eigenvalue weighted by atomic mass is 9.58. The Labute approximate surface area is 231 Å². The first-order valence-corrected chi connectivity index (χ1v) is 13.6. The molecule has 11 heteroatoms. The van der Waals surface area contributed by atoms with Crippen LogP contribution in [-0.2, 0) is 22.6 Å². The summed E-state index contributed by atoms with van der Waals surface area (Å²) in [5.41, 5.74) is 1.43. The fourth-order valence-electron chi connectivity index (χ4n) is 6.94. The van der Waals surface area contributed by atoms with E-state index >= 15 is 4.39 Å². The zero-order chi connectivity index (χ0) is 29.4. The number of benzene rings is 1. The first-order chi connectivity index (χ1) is 18.7. The van der Waals surface area contributed by atoms with Gasteiger partial charge in [0.2, 0.25) is 5.78 Å². The van der Waals surface area contributed by atoms with Gasteiger partial charge in [-0.3, -0.25) is 24.2 Å². The highest BCUT2D eigenvalue weighted by Crippen LogP contribution is 2.52. The number of Topliss-reactive ketones (excluding diaryl/α,β-unsaturated/α-hetero) is 2. The summed E-state index contributed by atoms with van der Waals surface area (Å²) in [7, 11) is 3.11. The van der Waals surface area contributed by atoms with Gasteiger partial charge in [0.05, 0.1) is 11.6 Å². The Kier molecular flexibility index (Phi) is 6.83. The SMILES string of the molecule is CC(C)CN(Cc1cc(O)c2c(c1F)C[C@H]1C[C@H]3[C@H](N(C)C)C(O)=C(C(N)=O)C(=O)[C@@]3(O)C(O)=C1C2=O)C1CC1. The second-order valence-electron chi connectivity index (χ2n) is 12.2. The molecule has 4 atom stereocenters. The molecule has 5 rings (SSSR count). The van der Waals surface area contributed by atoms with Gasteiger partial charge in [0.1, 0.15) is 28.7 Å². The maximum absolute atomic E-state index is 16.0. The number of aliphatic hydroxyl groups excluding tert-OH is 2. The molecule has 6 N–H and O–H groups in total. The van der Waals surface area contributed by atoms with Crippen LogP contribution in [0.25, 0.3) is 0 Å². The Morgan fingerprint density at radius 1 is 1.20 bits per heavy atom. The van der Waals surface area contributed by atoms with Crippen LogP contribution in [0.1, 0.15) is 54.6 Å². The quantitative estimate of drug-likeness (QED) is 0.315. The number of nitrogens with two attached hydrogens (primary N) is 1. The number of hydrogen-bond acceptors (Lipinski definition) is 9. The van der Waals surface area contributed by atoms with Gasteiger partial charge in [0, 0.05) is 41.7 Å². The average Bonchev–Trinajstić information content (AvgIpc) is 3.69. The van der Waals surface area contributed by atoms with Crippen LogP contribution in [0.4, 0.5) is 4.39 Å². The van der Waals surface area contributed by atoms with Gasteiger partial charge in [-0.25, -0.2) is 4.39 Å². The second-order valence-corrected chi connectivity index (χ2v) is 12.2. The Morgan fingerprint density at radius 2 is 1.85 bits per heavy atom. The number of phenols is 1. The van der Waals surface area contributed by atoms with Crippen molar-refractivity contribution >= 4 is 17.5 Å². The molecule has 1 fully saturated rings. The summed E-state index contributed by atoms with van der Waals surface area (Å²) in [6.45, 7) is 5.19. The zero-order valence-corrected chi connectivity index (χ0v) is 23.1. The number of carbonyl (C=O) groups is 3. The van der Waals surface area contributed by atoms with Gasteiger partial charge in [-0.2, -0.15) is 0 Å². The van der Waals surface area contributed by atoms with Gasteiger partial charge >= 0.3 is 0 Å². The van der Waals surface area contributed by atoms with Crippen molar-refractivity contribution in [1.82, 2.24) is 9.80 Å². The summed E-state index contributed by atoms with van der Waals surface area (Å²) >= 11 is 0. The summed E-state index contributed by atoms with van der Waals surface area (Å²) in [6.07, 6.45) is 1.88. The van der Waals surface area contributed by atoms with E-state index in [1.807, 2.05) is 0 Å². The van der Waals surface area contributed by atoms with Gasteiger partial charge in [-0.15, -0.1) is 0 Å². The van der Waals surface area contributed by atoms with Crippen molar-refractivity contribution in [2.45, 2.75) is 63.8 Å². The third kappa shape index (κ3) is 4.13. The van der Waals surface area contributed by atoms with Gasteiger partial charge < -0.3 is 26.2 Å². The molecule has 1 saturated carbocycles. The Hall–Kier alpha value is -3.28. The number of primary amides is 1. The fourth-order valence-corrected chi connectivity index (χ4v) is 6.94. The third-order valence-corrected chi connectivity index (χ3v) is 8.77. The van der Waals surface area contributed by atoms with Crippen LogP contribution < -0.4 is 5.73 Å². The van der Waals surface area contributed by atoms with Crippen LogP contribution in [0.5, 0.6) is 5.75 Å². The summed E-state index contributed by atoms with van der Waals surface area (Å²) in [6, 6.07) is 0.486. The van der Waals surface area contributed by atoms with Gasteiger partial charge in [-0.1, -0.05) is 13.8 Å². The summed E-state index contributed by atoms with van der Waals surface area (Å²) in [4.78, 5) is 42.8. The number of carbonyl (C=O) groups excluding carboxylic acids is 3. The first-order valence-electron chi connectivity index (χ1n) is 13.6. The summed E-state index contributed by atoms with van der Waals surface area (Å²) in [5.74, 6) is -7.76. The molecule has 40 heavy (non-hydrogen) atoms. The molecule has 10 nitrogen and oxygen atoms in total. The van der Waals surface area contributed by atoms with E-state index in [2.05, 4.69) is 18.7 Å². The van der Waals surface area contributed by atoms with Crippen LogP contribution >= 0.6 is 0 Å². The van der Waals surface area contributed by atoms with Crippen molar-refractivity contribution in [3.8, 4) is 5.75 Å². The second kappa shape index (κ2) is 9.67. The molecule has 0 radical (unpaired) electrons. The molecule has 0 bridgehead atoms. The van der Waals surface area contributed by atoms with Gasteiger partial charge in [0.15, 0.2) is 11.4 Å². The number of likely N-dealkylation sites (N-methyl/N-ethyl adjacent to an activating group) is 1. The molecule has 0 unspecified atom stereocenters. The number of ketones is 2. The largest absolute Gasteiger partial charge is 0.510 e. The van der Waals surface area contributed by atoms with Crippen molar-refractivity contribution in [3.63, 3.8) is 0 Å². The van der Waals surface area contributed by atoms with Crippen molar-refractivity contribution in [2.24, 2.45) is 23.5 Å². The number of halogens is 1. The first kappa shape index (κ1) is 28.3. The lowest BCUT2D eigenvalue weighted by molar-refractivity contribution is -0.148. The van der Waals surface area contributed by atoms with Gasteiger partial charge in [-0.05, 0) is 57.7 Å². The molecule has 1 amide bonds. The van der Waals surface area contributed by atoms with E-state index in [9.17, 15) is 34.8 Å². The van der Waals surface area contributed by atoms with Crippen molar-refractivity contribution in [1.29, 1.82) is 0 Å². The van der Waals surface area contributed by atoms with E-state index in [0.29, 0.717) is 12.0 Å². The molecule has 0 spiro atoms. The number of fused-ring (bicyclic) bond motifs is 3. The smallest absolute Gasteiger partial charge is 0.255 e. The molecular weight excluding hydrogens is 521 g/mol. The van der Waals surface area contributed by atoms with Crippen molar-refractivity contribution < 1.29 is 39.2 Å². The Bertz CT molecular complexity index is 1380. The third-order valence-electron chi connectivity index (χ3n) is 8.77. The normalized spacial score (nSPS) is 28.4. The van der Waals surface area contributed by atoms with Crippen molar-refractivity contribution in [2.75, 3.05) is 20.6 Å². The van der Waals surface area contributed by atoms with Crippen LogP contribution in [-0.4, -0.2) is 86.0 Å². The lowest BCUT2D eigenvalue weighted by Gasteiger charge is -2.50. The number of amides is 1. The van der Waals surface area contributed by atoms with E-state index in [0.717, 1.165) is 19.4 Å². The van der Waals surface area contributed by atoms with E-state index in [1.165, 1.54) is 11.0 Å². The lowest BCUT2D eigenvalue weighted by Crippen LogP contribution is -2.63. The number of hydrogen-bond donors (Lipinski definition) is 5. The number of nitrogens with zero attached hydrogens (tertiary/aromatic N) is 2. The molecule has 4 aliphatic carbocycles. The molecular formula is C29H36FN3O7. The predicted molar refractivity (Wildman–Crippen MR) is 142 cm³/mol. The van der Waals surface area contributed by atoms with Crippen molar-refractivity contribution in [3.05, 3.63) is 51.2 Å². The number of aromatic hydroxyl groups is 1. The standard InChI is InChI=1S/C29H36FN3O7/c1-12(2)10-33(15-5-6-15)11-14-9-18(34)20-16(22(14)30)7-13-8-17-23(32(3)4)25(36)21(28(31)39)27(38)29(17,40)26(37)19(13)24(20)35/h9,12-13,15,17,23,34,36-37,40H,5-8,10-11H2,1-4H3,(H2,31,39)/t13-,17-,23-,29-/m0/s1. The minimum atomic E-state index is -2.72. The highest BCUT2D eigenvalue weighted by Gasteiger charge is 2.63. The van der Waals surface area contributed by atoms with E-state index < -0.39 is 69.6 Å². The topological polar surface area (TPSA) is 165 Å². The number of aliphatic hydroxyl groups is 3. The van der Waals surface area contributed by atoms with E-state index in [1.54, 1.807) is 14.1 Å². The molecule has 0 heterocycles. The van der Waals surface area contributed by atoms with E-state index in [4.69, 9.17) is 5.73 Å². The minimum Gasteiger partial charge on any atom is -0.510 e. The molecule has 4 aliphatic rings. The number of phenolic OH excluding ortho intramolecular Hbond substituents is 1. The van der Waals surface area contributed by atoms with E-state index in [-0.39, 0.29) is 41.6 Å². The predicted octanol–water partition coefficient (Wildman–Crippen LogP) is 1.88. The summed E-state index contributed by atoms with van der Waals surface area (Å²) < 4.78 is 16.0. The fraction of sp³-hybridized carbons (Fsp3) is 0.552. The maximum Gasteiger partial charge on any atom is 0.255 e. The van der Waals surface area contributed by atoms with Crippen LogP contribution in [0.2, 0.25) is 0 Å². The average molecular weight is 558 g/mol. The highest BCUT2D eigenvalue weighted by molar-refractivity contribution is 6.24. The van der Waals surface area contributed by atoms with Crippen LogP contribution in [0, 0.1) is 23.6 Å². The van der Waals surface area contributed by atoms with Crippen LogP contribution in [0.15, 0.2) is 28.7 Å². The molecule has 0 saturated heterocycles. The highest BCUT2D eigenvalue weighted by atomic mass is 19.1. The van der Waals surface area contributed by atoms with Crippen LogP contribution in [0.3, 0.4) is 0 Å². The number of allylic oxidation sites excluding steroid dienone is 1.